The molecule has 1 fully saturated rings. The predicted octanol–water partition coefficient (Wildman–Crippen LogP) is 5.01. The molecule has 35 heavy (non-hydrogen) atoms. The van der Waals surface area contributed by atoms with Crippen molar-refractivity contribution in [2.45, 2.75) is 26.4 Å². The molecule has 7 nitrogen and oxygen atoms in total. The monoisotopic (exact) mass is 493 g/mol. The van der Waals surface area contributed by atoms with E-state index in [2.05, 4.69) is 0 Å². The van der Waals surface area contributed by atoms with Gasteiger partial charge in [0.25, 0.3) is 11.7 Å². The molecule has 1 aliphatic heterocycles. The number of thiophene rings is 1. The molecule has 0 aliphatic carbocycles. The molecule has 3 aromatic rings. The molecule has 1 N–H and O–H groups in total. The predicted molar refractivity (Wildman–Crippen MR) is 134 cm³/mol. The Morgan fingerprint density at radius 3 is 2.37 bits per heavy atom. The minimum Gasteiger partial charge on any atom is -0.507 e. The fourth-order valence-electron chi connectivity index (χ4n) is 4.53. The van der Waals surface area contributed by atoms with Crippen LogP contribution in [0.5, 0.6) is 17.2 Å². The largest absolute Gasteiger partial charge is 0.507 e. The van der Waals surface area contributed by atoms with Gasteiger partial charge >= 0.3 is 0 Å². The Morgan fingerprint density at radius 2 is 1.74 bits per heavy atom. The first kappa shape index (κ1) is 24.3. The van der Waals surface area contributed by atoms with Crippen molar-refractivity contribution in [3.8, 4) is 17.2 Å². The summed E-state index contributed by atoms with van der Waals surface area (Å²) in [4.78, 5) is 29.1. The second-order valence-electron chi connectivity index (χ2n) is 8.28. The van der Waals surface area contributed by atoms with Crippen LogP contribution in [-0.2, 0) is 16.1 Å². The highest BCUT2D eigenvalue weighted by molar-refractivity contribution is 7.09. The zero-order chi connectivity index (χ0) is 25.3. The van der Waals surface area contributed by atoms with E-state index >= 15 is 0 Å². The van der Waals surface area contributed by atoms with Gasteiger partial charge in [-0.05, 0) is 60.2 Å². The van der Waals surface area contributed by atoms with Crippen LogP contribution in [0, 0.1) is 13.8 Å². The summed E-state index contributed by atoms with van der Waals surface area (Å²) in [6, 6.07) is 11.9. The van der Waals surface area contributed by atoms with Gasteiger partial charge in [-0.1, -0.05) is 18.2 Å². The third-order valence-electron chi connectivity index (χ3n) is 6.05. The highest BCUT2D eigenvalue weighted by Gasteiger charge is 2.46. The Balaban J connectivity index is 1.96. The van der Waals surface area contributed by atoms with Gasteiger partial charge in [0.05, 0.1) is 45.1 Å². The van der Waals surface area contributed by atoms with E-state index < -0.39 is 17.7 Å². The number of likely N-dealkylation sites (tertiary alicyclic amines) is 1. The van der Waals surface area contributed by atoms with Gasteiger partial charge in [-0.15, -0.1) is 11.3 Å². The van der Waals surface area contributed by atoms with Gasteiger partial charge in [0.1, 0.15) is 11.5 Å². The summed E-state index contributed by atoms with van der Waals surface area (Å²) in [7, 11) is 4.56. The molecule has 0 bridgehead atoms. The van der Waals surface area contributed by atoms with Crippen molar-refractivity contribution in [3.05, 3.63) is 80.5 Å². The van der Waals surface area contributed by atoms with E-state index in [-0.39, 0.29) is 17.9 Å². The number of amides is 1. The molecule has 1 saturated heterocycles. The lowest BCUT2D eigenvalue weighted by atomic mass is 9.93. The minimum absolute atomic E-state index is 0.00192. The average Bonchev–Trinajstić information content (AvgIpc) is 3.45. The third kappa shape index (κ3) is 4.37. The lowest BCUT2D eigenvalue weighted by Gasteiger charge is -2.26. The lowest BCUT2D eigenvalue weighted by Crippen LogP contribution is -2.28. The van der Waals surface area contributed by atoms with Crippen LogP contribution < -0.4 is 14.2 Å². The van der Waals surface area contributed by atoms with Gasteiger partial charge in [0.2, 0.25) is 0 Å². The van der Waals surface area contributed by atoms with Crippen LogP contribution >= 0.6 is 11.3 Å². The van der Waals surface area contributed by atoms with E-state index in [0.717, 1.165) is 16.0 Å². The molecular formula is C27H27NO6S. The summed E-state index contributed by atoms with van der Waals surface area (Å²) < 4.78 is 16.4. The van der Waals surface area contributed by atoms with E-state index in [0.29, 0.717) is 28.4 Å². The fourth-order valence-corrected chi connectivity index (χ4v) is 5.23. The number of carbonyl (C=O) groups is 2. The number of aryl methyl sites for hydroxylation is 2. The molecule has 1 amide bonds. The van der Waals surface area contributed by atoms with Gasteiger partial charge in [-0.25, -0.2) is 0 Å². The molecule has 0 spiro atoms. The summed E-state index contributed by atoms with van der Waals surface area (Å²) in [5.74, 6) is -0.287. The number of Topliss-reactive ketones (excluding diaryl/α,β-unsaturated/α-hetero) is 1. The first-order valence-corrected chi connectivity index (χ1v) is 11.9. The maximum atomic E-state index is 13.4. The van der Waals surface area contributed by atoms with E-state index in [1.54, 1.807) is 24.3 Å². The molecule has 1 aliphatic rings. The summed E-state index contributed by atoms with van der Waals surface area (Å²) in [6.45, 7) is 3.98. The maximum absolute atomic E-state index is 13.4. The molecule has 1 unspecified atom stereocenters. The number of aliphatic hydroxyl groups is 1. The van der Waals surface area contributed by atoms with Gasteiger partial charge < -0.3 is 24.2 Å². The molecule has 2 aromatic carbocycles. The smallest absolute Gasteiger partial charge is 0.295 e. The molecule has 182 valence electrons. The number of ether oxygens (including phenoxy) is 3. The topological polar surface area (TPSA) is 85.3 Å². The highest BCUT2D eigenvalue weighted by atomic mass is 32.1. The number of aliphatic hydroxyl groups excluding tert-OH is 1. The summed E-state index contributed by atoms with van der Waals surface area (Å²) in [5, 5.41) is 13.4. The maximum Gasteiger partial charge on any atom is 0.295 e. The van der Waals surface area contributed by atoms with Crippen LogP contribution in [0.2, 0.25) is 0 Å². The van der Waals surface area contributed by atoms with Crippen molar-refractivity contribution >= 4 is 28.8 Å². The molecular weight excluding hydrogens is 466 g/mol. The van der Waals surface area contributed by atoms with E-state index in [4.69, 9.17) is 14.2 Å². The van der Waals surface area contributed by atoms with E-state index in [1.807, 2.05) is 37.4 Å². The van der Waals surface area contributed by atoms with Gasteiger partial charge in [-0.3, -0.25) is 9.59 Å². The number of rotatable bonds is 7. The van der Waals surface area contributed by atoms with Crippen LogP contribution in [0.25, 0.3) is 5.76 Å². The van der Waals surface area contributed by atoms with Crippen LogP contribution in [0.3, 0.4) is 0 Å². The third-order valence-corrected chi connectivity index (χ3v) is 6.91. The number of nitrogens with zero attached hydrogens (tertiary/aromatic N) is 1. The standard InChI is InChI=1S/C27H27NO6S/c1-15-11-16(2)26(34-5)19(12-15)24(29)22-23(17-8-9-20(32-3)21(13-17)33-4)28(27(31)25(22)30)14-18-7-6-10-35-18/h6-13,23,29H,14H2,1-5H3/b24-22+. The zero-order valence-electron chi connectivity index (χ0n) is 20.2. The number of methoxy groups -OCH3 is 3. The van der Waals surface area contributed by atoms with Crippen molar-refractivity contribution in [3.63, 3.8) is 0 Å². The second kappa shape index (κ2) is 9.84. The molecule has 4 rings (SSSR count). The number of hydrogen-bond acceptors (Lipinski definition) is 7. The summed E-state index contributed by atoms with van der Waals surface area (Å²) >= 11 is 1.49. The zero-order valence-corrected chi connectivity index (χ0v) is 21.1. The van der Waals surface area contributed by atoms with Crippen molar-refractivity contribution < 1.29 is 28.9 Å². The van der Waals surface area contributed by atoms with Crippen molar-refractivity contribution in [1.82, 2.24) is 4.90 Å². The SMILES string of the molecule is COc1ccc(C2/C(=C(\O)c3cc(C)cc(C)c3OC)C(=O)C(=O)N2Cc2cccs2)cc1OC. The number of hydrogen-bond donors (Lipinski definition) is 1. The van der Waals surface area contributed by atoms with Crippen molar-refractivity contribution in [2.75, 3.05) is 21.3 Å². The minimum atomic E-state index is -0.831. The number of ketones is 1. The summed E-state index contributed by atoms with van der Waals surface area (Å²) in [5.41, 5.74) is 2.68. The van der Waals surface area contributed by atoms with Crippen LogP contribution in [0.4, 0.5) is 0 Å². The molecule has 1 atom stereocenters. The Labute approximate surface area is 208 Å². The normalized spacial score (nSPS) is 17.1. The Bertz CT molecular complexity index is 1310. The van der Waals surface area contributed by atoms with Crippen LogP contribution in [0.1, 0.15) is 33.2 Å². The van der Waals surface area contributed by atoms with E-state index in [9.17, 15) is 14.7 Å². The Kier molecular flexibility index (Phi) is 6.84. The first-order valence-electron chi connectivity index (χ1n) is 11.0. The quantitative estimate of drug-likeness (QED) is 0.283. The van der Waals surface area contributed by atoms with Crippen molar-refractivity contribution in [2.24, 2.45) is 0 Å². The fraction of sp³-hybridized carbons (Fsp3) is 0.259. The Morgan fingerprint density at radius 1 is 1.00 bits per heavy atom. The number of benzene rings is 2. The highest BCUT2D eigenvalue weighted by Crippen LogP contribution is 2.44. The van der Waals surface area contributed by atoms with Crippen molar-refractivity contribution in [1.29, 1.82) is 0 Å². The molecule has 2 heterocycles. The average molecular weight is 494 g/mol. The molecule has 8 heteroatoms. The van der Waals surface area contributed by atoms with Gasteiger partial charge in [-0.2, -0.15) is 0 Å². The van der Waals surface area contributed by atoms with Gasteiger partial charge in [0, 0.05) is 4.88 Å². The molecule has 0 saturated carbocycles. The van der Waals surface area contributed by atoms with Crippen LogP contribution in [0.15, 0.2) is 53.4 Å². The number of carbonyl (C=O) groups excluding carboxylic acids is 2. The first-order chi connectivity index (χ1) is 16.8. The molecule has 0 radical (unpaired) electrons. The van der Waals surface area contributed by atoms with E-state index in [1.165, 1.54) is 37.6 Å². The van der Waals surface area contributed by atoms with Crippen LogP contribution in [-0.4, -0.2) is 43.0 Å². The molecule has 1 aromatic heterocycles. The second-order valence-corrected chi connectivity index (χ2v) is 9.32. The van der Waals surface area contributed by atoms with Gasteiger partial charge in [0.15, 0.2) is 11.5 Å². The Hall–Kier alpha value is -3.78. The lowest BCUT2D eigenvalue weighted by molar-refractivity contribution is -0.140. The summed E-state index contributed by atoms with van der Waals surface area (Å²) in [6.07, 6.45) is 0.